The number of aliphatic hydroxyl groups excluding tert-OH is 2. The van der Waals surface area contributed by atoms with Gasteiger partial charge >= 0.3 is 6.09 Å². The molecular formula is C11H27N3O4. The summed E-state index contributed by atoms with van der Waals surface area (Å²) in [6, 6.07) is 0. The van der Waals surface area contributed by atoms with Crippen molar-refractivity contribution in [3.05, 3.63) is 0 Å². The van der Waals surface area contributed by atoms with Crippen LogP contribution in [0.4, 0.5) is 4.79 Å². The largest absolute Gasteiger partial charge is 0.465 e. The molecule has 7 nitrogen and oxygen atoms in total. The van der Waals surface area contributed by atoms with Gasteiger partial charge in [0.15, 0.2) is 0 Å². The third-order valence-corrected chi connectivity index (χ3v) is 2.31. The van der Waals surface area contributed by atoms with E-state index in [9.17, 15) is 4.79 Å². The first-order chi connectivity index (χ1) is 8.53. The molecule has 0 rings (SSSR count). The quantitative estimate of drug-likeness (QED) is 0.393. The number of nitrogens with two attached hydrogens (primary N) is 2. The molecule has 18 heavy (non-hydrogen) atoms. The van der Waals surface area contributed by atoms with E-state index in [2.05, 4.69) is 6.92 Å². The highest BCUT2D eigenvalue weighted by Crippen LogP contribution is 2.00. The molecule has 110 valence electrons. The van der Waals surface area contributed by atoms with Crippen molar-refractivity contribution in [1.82, 2.24) is 4.90 Å². The van der Waals surface area contributed by atoms with E-state index in [-0.39, 0.29) is 26.3 Å². The topological polar surface area (TPSA) is 133 Å². The SMILES string of the molecule is CC(CN)CCCN.O=C(O)N(CCO)CCO. The molecule has 0 heterocycles. The molecule has 0 bridgehead atoms. The number of carboxylic acid groups (broad SMARTS) is 1. The van der Waals surface area contributed by atoms with Crippen molar-refractivity contribution in [2.24, 2.45) is 17.4 Å². The molecular weight excluding hydrogens is 238 g/mol. The first kappa shape index (κ1) is 19.4. The Morgan fingerprint density at radius 1 is 1.22 bits per heavy atom. The summed E-state index contributed by atoms with van der Waals surface area (Å²) in [6.07, 6.45) is 1.16. The van der Waals surface area contributed by atoms with Gasteiger partial charge in [-0.05, 0) is 31.8 Å². The maximum Gasteiger partial charge on any atom is 0.407 e. The molecule has 0 aliphatic rings. The Bertz CT molecular complexity index is 187. The number of amides is 1. The number of hydrogen-bond acceptors (Lipinski definition) is 5. The second kappa shape index (κ2) is 14.2. The molecule has 1 unspecified atom stereocenters. The third kappa shape index (κ3) is 13.2. The van der Waals surface area contributed by atoms with Gasteiger partial charge in [-0.15, -0.1) is 0 Å². The van der Waals surface area contributed by atoms with Gasteiger partial charge in [0.2, 0.25) is 0 Å². The van der Waals surface area contributed by atoms with Crippen LogP contribution in [0.1, 0.15) is 19.8 Å². The summed E-state index contributed by atoms with van der Waals surface area (Å²) < 4.78 is 0. The van der Waals surface area contributed by atoms with Gasteiger partial charge in [-0.2, -0.15) is 0 Å². The average Bonchev–Trinajstić information content (AvgIpc) is 2.36. The molecule has 0 spiro atoms. The van der Waals surface area contributed by atoms with E-state index in [0.29, 0.717) is 5.92 Å². The van der Waals surface area contributed by atoms with E-state index in [4.69, 9.17) is 26.8 Å². The van der Waals surface area contributed by atoms with Gasteiger partial charge in [0.25, 0.3) is 0 Å². The fourth-order valence-electron chi connectivity index (χ4n) is 1.13. The number of rotatable bonds is 8. The summed E-state index contributed by atoms with van der Waals surface area (Å²) in [5.74, 6) is 0.651. The zero-order valence-electron chi connectivity index (χ0n) is 11.1. The zero-order valence-corrected chi connectivity index (χ0v) is 11.1. The first-order valence-electron chi connectivity index (χ1n) is 6.13. The minimum Gasteiger partial charge on any atom is -0.465 e. The molecule has 0 fully saturated rings. The van der Waals surface area contributed by atoms with Gasteiger partial charge in [0.05, 0.1) is 13.2 Å². The molecule has 7 heteroatoms. The van der Waals surface area contributed by atoms with Crippen LogP contribution in [0.2, 0.25) is 0 Å². The van der Waals surface area contributed by atoms with E-state index >= 15 is 0 Å². The molecule has 0 aliphatic carbocycles. The van der Waals surface area contributed by atoms with E-state index in [0.717, 1.165) is 24.4 Å². The maximum atomic E-state index is 10.2. The summed E-state index contributed by atoms with van der Waals surface area (Å²) in [7, 11) is 0. The fraction of sp³-hybridized carbons (Fsp3) is 0.909. The average molecular weight is 265 g/mol. The number of hydrogen-bond donors (Lipinski definition) is 5. The Labute approximate surface area is 108 Å². The van der Waals surface area contributed by atoms with Crippen molar-refractivity contribution in [3.63, 3.8) is 0 Å². The van der Waals surface area contributed by atoms with Crippen LogP contribution in [0.15, 0.2) is 0 Å². The normalized spacial score (nSPS) is 11.4. The lowest BCUT2D eigenvalue weighted by molar-refractivity contribution is 0.119. The van der Waals surface area contributed by atoms with Crippen LogP contribution in [0, 0.1) is 5.92 Å². The van der Waals surface area contributed by atoms with Crippen LogP contribution in [0.3, 0.4) is 0 Å². The Balaban J connectivity index is 0. The van der Waals surface area contributed by atoms with Crippen LogP contribution < -0.4 is 11.5 Å². The van der Waals surface area contributed by atoms with Gasteiger partial charge in [0.1, 0.15) is 0 Å². The van der Waals surface area contributed by atoms with E-state index < -0.39 is 6.09 Å². The molecule has 1 atom stereocenters. The smallest absolute Gasteiger partial charge is 0.407 e. The van der Waals surface area contributed by atoms with E-state index in [1.807, 2.05) is 0 Å². The van der Waals surface area contributed by atoms with Crippen LogP contribution in [0.5, 0.6) is 0 Å². The van der Waals surface area contributed by atoms with Gasteiger partial charge in [-0.25, -0.2) is 4.79 Å². The Kier molecular flexibility index (Phi) is 15.3. The summed E-state index contributed by atoms with van der Waals surface area (Å²) in [5.41, 5.74) is 10.7. The lowest BCUT2D eigenvalue weighted by atomic mass is 10.1. The van der Waals surface area contributed by atoms with Crippen molar-refractivity contribution < 1.29 is 20.1 Å². The van der Waals surface area contributed by atoms with Crippen LogP contribution >= 0.6 is 0 Å². The number of carbonyl (C=O) groups is 1. The van der Waals surface area contributed by atoms with Crippen molar-refractivity contribution in [1.29, 1.82) is 0 Å². The van der Waals surface area contributed by atoms with E-state index in [1.54, 1.807) is 0 Å². The molecule has 0 aromatic carbocycles. The predicted octanol–water partition coefficient (Wildman–Crippen LogP) is -0.729. The van der Waals surface area contributed by atoms with Crippen LogP contribution in [0.25, 0.3) is 0 Å². The van der Waals surface area contributed by atoms with Crippen molar-refractivity contribution in [3.8, 4) is 0 Å². The molecule has 0 aliphatic heterocycles. The highest BCUT2D eigenvalue weighted by molar-refractivity contribution is 5.64. The molecule has 7 N–H and O–H groups in total. The molecule has 0 aromatic rings. The number of nitrogens with zero attached hydrogens (tertiary/aromatic N) is 1. The minimum atomic E-state index is -1.12. The highest BCUT2D eigenvalue weighted by atomic mass is 16.4. The van der Waals surface area contributed by atoms with Gasteiger partial charge in [0, 0.05) is 13.1 Å². The molecule has 0 radical (unpaired) electrons. The summed E-state index contributed by atoms with van der Waals surface area (Å²) in [4.78, 5) is 11.1. The van der Waals surface area contributed by atoms with Crippen molar-refractivity contribution in [2.75, 3.05) is 39.4 Å². The van der Waals surface area contributed by atoms with Gasteiger partial charge < -0.3 is 31.7 Å². The monoisotopic (exact) mass is 265 g/mol. The van der Waals surface area contributed by atoms with Crippen molar-refractivity contribution in [2.45, 2.75) is 19.8 Å². The zero-order chi connectivity index (χ0) is 14.4. The minimum absolute atomic E-state index is 0.0515. The second-order valence-corrected chi connectivity index (χ2v) is 3.99. The van der Waals surface area contributed by atoms with Crippen molar-refractivity contribution >= 4 is 6.09 Å². The molecule has 1 amide bonds. The highest BCUT2D eigenvalue weighted by Gasteiger charge is 2.08. The Morgan fingerprint density at radius 2 is 1.72 bits per heavy atom. The van der Waals surface area contributed by atoms with Gasteiger partial charge in [-0.1, -0.05) is 6.92 Å². The van der Waals surface area contributed by atoms with E-state index in [1.165, 1.54) is 6.42 Å². The summed E-state index contributed by atoms with van der Waals surface area (Å²) in [6.45, 7) is 3.41. The third-order valence-electron chi connectivity index (χ3n) is 2.31. The lowest BCUT2D eigenvalue weighted by Crippen LogP contribution is -2.34. The maximum absolute atomic E-state index is 10.2. The van der Waals surface area contributed by atoms with Crippen LogP contribution in [-0.2, 0) is 0 Å². The lowest BCUT2D eigenvalue weighted by Gasteiger charge is -2.15. The molecule has 0 aromatic heterocycles. The summed E-state index contributed by atoms with van der Waals surface area (Å²) >= 11 is 0. The number of aliphatic hydroxyl groups is 2. The Hall–Kier alpha value is -0.890. The Morgan fingerprint density at radius 3 is 2.00 bits per heavy atom. The fourth-order valence-corrected chi connectivity index (χ4v) is 1.13. The summed E-state index contributed by atoms with van der Waals surface area (Å²) in [5, 5.41) is 25.0. The molecule has 0 saturated heterocycles. The predicted molar refractivity (Wildman–Crippen MR) is 70.3 cm³/mol. The van der Waals surface area contributed by atoms with Gasteiger partial charge in [-0.3, -0.25) is 0 Å². The van der Waals surface area contributed by atoms with Crippen LogP contribution in [-0.4, -0.2) is 65.7 Å². The standard InChI is InChI=1S/C6H16N2.C5H11NO4/c1-6(5-8)3-2-4-7;7-3-1-6(2-4-8)5(9)10/h6H,2-5,7-8H2,1H3;7-8H,1-4H2,(H,9,10). The molecule has 0 saturated carbocycles. The second-order valence-electron chi connectivity index (χ2n) is 3.99. The first-order valence-corrected chi connectivity index (χ1v) is 6.13.